The summed E-state index contributed by atoms with van der Waals surface area (Å²) in [7, 11) is 0. The third-order valence-corrected chi connectivity index (χ3v) is 5.81. The maximum atomic E-state index is 12.1. The number of carbonyl (C=O) groups is 1. The van der Waals surface area contributed by atoms with Crippen molar-refractivity contribution in [2.45, 2.75) is 26.2 Å². The predicted molar refractivity (Wildman–Crippen MR) is 92.2 cm³/mol. The molecule has 2 aromatic heterocycles. The van der Waals surface area contributed by atoms with Gasteiger partial charge in [-0.1, -0.05) is 13.0 Å². The fourth-order valence-electron chi connectivity index (χ4n) is 2.65. The van der Waals surface area contributed by atoms with E-state index in [1.54, 1.807) is 28.7 Å². The van der Waals surface area contributed by atoms with Gasteiger partial charge in [-0.15, -0.1) is 22.7 Å². The Kier molecular flexibility index (Phi) is 4.41. The number of rotatable bonds is 3. The van der Waals surface area contributed by atoms with Crippen LogP contribution in [0.4, 0.5) is 5.00 Å². The summed E-state index contributed by atoms with van der Waals surface area (Å²) in [6.07, 6.45) is 6.38. The molecule has 0 saturated carbocycles. The first-order valence-electron chi connectivity index (χ1n) is 7.24. The normalized spacial score (nSPS) is 17.2. The summed E-state index contributed by atoms with van der Waals surface area (Å²) in [6, 6.07) is 6.17. The molecule has 1 aliphatic rings. The number of hydrogen-bond donors (Lipinski definition) is 1. The van der Waals surface area contributed by atoms with E-state index in [9.17, 15) is 10.1 Å². The third kappa shape index (κ3) is 3.13. The maximum absolute atomic E-state index is 12.1. The molecule has 22 heavy (non-hydrogen) atoms. The van der Waals surface area contributed by atoms with Gasteiger partial charge in [-0.05, 0) is 48.3 Å². The Bertz CT molecular complexity index is 750. The van der Waals surface area contributed by atoms with Gasteiger partial charge in [-0.3, -0.25) is 4.79 Å². The average Bonchev–Trinajstić information content (AvgIpc) is 3.11. The zero-order chi connectivity index (χ0) is 15.5. The summed E-state index contributed by atoms with van der Waals surface area (Å²) >= 11 is 3.14. The van der Waals surface area contributed by atoms with Crippen molar-refractivity contribution in [3.8, 4) is 6.07 Å². The lowest BCUT2D eigenvalue weighted by atomic mass is 9.89. The van der Waals surface area contributed by atoms with Crippen LogP contribution in [0.5, 0.6) is 0 Å². The number of thiophene rings is 2. The van der Waals surface area contributed by atoms with E-state index in [4.69, 9.17) is 0 Å². The largest absolute Gasteiger partial charge is 0.313 e. The van der Waals surface area contributed by atoms with Crippen molar-refractivity contribution in [3.63, 3.8) is 0 Å². The van der Waals surface area contributed by atoms with Crippen molar-refractivity contribution in [1.29, 1.82) is 5.26 Å². The molecular formula is C17H16N2OS2. The molecule has 112 valence electrons. The van der Waals surface area contributed by atoms with Crippen LogP contribution in [0.25, 0.3) is 6.08 Å². The Morgan fingerprint density at radius 3 is 3.14 bits per heavy atom. The Balaban J connectivity index is 1.78. The van der Waals surface area contributed by atoms with E-state index in [-0.39, 0.29) is 5.91 Å². The van der Waals surface area contributed by atoms with Gasteiger partial charge in [0, 0.05) is 15.8 Å². The lowest BCUT2D eigenvalue weighted by Gasteiger charge is -2.17. The molecular weight excluding hydrogens is 312 g/mol. The summed E-state index contributed by atoms with van der Waals surface area (Å²) in [4.78, 5) is 14.4. The van der Waals surface area contributed by atoms with E-state index in [2.05, 4.69) is 18.3 Å². The molecule has 0 aromatic carbocycles. The fraction of sp³-hybridized carbons (Fsp3) is 0.294. The van der Waals surface area contributed by atoms with Crippen LogP contribution in [0.2, 0.25) is 0 Å². The number of fused-ring (bicyclic) bond motifs is 1. The quantitative estimate of drug-likeness (QED) is 0.846. The zero-order valence-electron chi connectivity index (χ0n) is 12.3. The Labute approximate surface area is 137 Å². The maximum Gasteiger partial charge on any atom is 0.249 e. The van der Waals surface area contributed by atoms with Gasteiger partial charge < -0.3 is 5.32 Å². The van der Waals surface area contributed by atoms with Gasteiger partial charge in [0.1, 0.15) is 11.1 Å². The Morgan fingerprint density at radius 2 is 2.41 bits per heavy atom. The third-order valence-electron chi connectivity index (χ3n) is 3.80. The van der Waals surface area contributed by atoms with Crippen LogP contribution in [0.1, 0.15) is 34.2 Å². The smallest absolute Gasteiger partial charge is 0.249 e. The second-order valence-corrected chi connectivity index (χ2v) is 7.59. The second kappa shape index (κ2) is 6.47. The van der Waals surface area contributed by atoms with Crippen LogP contribution >= 0.6 is 22.7 Å². The molecule has 1 atom stereocenters. The van der Waals surface area contributed by atoms with E-state index >= 15 is 0 Å². The summed E-state index contributed by atoms with van der Waals surface area (Å²) in [6.45, 7) is 2.23. The molecule has 2 aromatic rings. The molecule has 0 fully saturated rings. The summed E-state index contributed by atoms with van der Waals surface area (Å²) in [5, 5.41) is 15.0. The van der Waals surface area contributed by atoms with Crippen molar-refractivity contribution in [2.24, 2.45) is 5.92 Å². The van der Waals surface area contributed by atoms with E-state index < -0.39 is 0 Å². The Morgan fingerprint density at radius 1 is 1.55 bits per heavy atom. The number of nitrogens with zero attached hydrogens (tertiary/aromatic N) is 1. The number of nitriles is 1. The van der Waals surface area contributed by atoms with Gasteiger partial charge in [0.25, 0.3) is 0 Å². The molecule has 2 heterocycles. The van der Waals surface area contributed by atoms with E-state index in [1.807, 2.05) is 17.5 Å². The monoisotopic (exact) mass is 328 g/mol. The highest BCUT2D eigenvalue weighted by Gasteiger charge is 2.24. The zero-order valence-corrected chi connectivity index (χ0v) is 13.9. The van der Waals surface area contributed by atoms with Crippen molar-refractivity contribution < 1.29 is 4.79 Å². The van der Waals surface area contributed by atoms with Crippen molar-refractivity contribution in [1.82, 2.24) is 0 Å². The van der Waals surface area contributed by atoms with Crippen molar-refractivity contribution in [2.75, 3.05) is 5.32 Å². The van der Waals surface area contributed by atoms with Crippen LogP contribution in [0.3, 0.4) is 0 Å². The topological polar surface area (TPSA) is 52.9 Å². The van der Waals surface area contributed by atoms with Gasteiger partial charge >= 0.3 is 0 Å². The van der Waals surface area contributed by atoms with Crippen LogP contribution in [0.15, 0.2) is 23.6 Å². The molecule has 5 heteroatoms. The van der Waals surface area contributed by atoms with Gasteiger partial charge in [-0.2, -0.15) is 5.26 Å². The highest BCUT2D eigenvalue weighted by molar-refractivity contribution is 7.16. The second-order valence-electron chi connectivity index (χ2n) is 5.51. The number of carbonyl (C=O) groups excluding carboxylic acids is 1. The van der Waals surface area contributed by atoms with Crippen molar-refractivity contribution >= 4 is 39.7 Å². The molecule has 3 rings (SSSR count). The first kappa shape index (κ1) is 15.0. The first-order chi connectivity index (χ1) is 10.7. The van der Waals surface area contributed by atoms with Crippen LogP contribution < -0.4 is 5.32 Å². The minimum Gasteiger partial charge on any atom is -0.313 e. The number of anilines is 1. The van der Waals surface area contributed by atoms with Gasteiger partial charge in [0.15, 0.2) is 0 Å². The number of hydrogen-bond acceptors (Lipinski definition) is 4. The van der Waals surface area contributed by atoms with Crippen molar-refractivity contribution in [3.05, 3.63) is 44.5 Å². The predicted octanol–water partition coefficient (Wildman–Crippen LogP) is 4.46. The average molecular weight is 328 g/mol. The molecule has 1 amide bonds. The molecule has 1 aliphatic carbocycles. The van der Waals surface area contributed by atoms with E-state index in [1.165, 1.54) is 11.0 Å². The van der Waals surface area contributed by atoms with Gasteiger partial charge in [0.05, 0.1) is 5.56 Å². The fourth-order valence-corrected chi connectivity index (χ4v) is 4.64. The minimum atomic E-state index is -0.184. The summed E-state index contributed by atoms with van der Waals surface area (Å²) < 4.78 is 0. The van der Waals surface area contributed by atoms with Crippen LogP contribution in [0, 0.1) is 17.2 Å². The van der Waals surface area contributed by atoms with Gasteiger partial charge in [-0.25, -0.2) is 0 Å². The number of nitrogens with one attached hydrogen (secondary N) is 1. The summed E-state index contributed by atoms with van der Waals surface area (Å²) in [5.74, 6) is 0.469. The highest BCUT2D eigenvalue weighted by atomic mass is 32.1. The molecule has 0 spiro atoms. The molecule has 1 N–H and O–H groups in total. The molecule has 3 nitrogen and oxygen atoms in total. The summed E-state index contributed by atoms with van der Waals surface area (Å²) in [5.41, 5.74) is 1.80. The minimum absolute atomic E-state index is 0.184. The van der Waals surface area contributed by atoms with Crippen LogP contribution in [-0.4, -0.2) is 5.91 Å². The molecule has 0 bridgehead atoms. The van der Waals surface area contributed by atoms with E-state index in [0.29, 0.717) is 16.5 Å². The molecule has 0 radical (unpaired) electrons. The standard InChI is InChI=1S/C17H16N2OS2/c1-11-4-6-13-14(10-18)17(22-15(13)9-11)19-16(20)7-5-12-3-2-8-21-12/h2-3,5,7-8,11H,4,6,9H2,1H3,(H,19,20)/b7-5+/t11-/m0/s1. The molecule has 0 unspecified atom stereocenters. The van der Waals surface area contributed by atoms with E-state index in [0.717, 1.165) is 29.7 Å². The SMILES string of the molecule is C[C@H]1CCc2c(sc(NC(=O)/C=C/c3cccs3)c2C#N)C1. The lowest BCUT2D eigenvalue weighted by Crippen LogP contribution is -2.10. The number of amides is 1. The highest BCUT2D eigenvalue weighted by Crippen LogP contribution is 2.39. The lowest BCUT2D eigenvalue weighted by molar-refractivity contribution is -0.111. The van der Waals surface area contributed by atoms with Crippen LogP contribution in [-0.2, 0) is 17.6 Å². The Hall–Kier alpha value is -1.90. The molecule has 0 aliphatic heterocycles. The van der Waals surface area contributed by atoms with Gasteiger partial charge in [0.2, 0.25) is 5.91 Å². The molecule has 0 saturated heterocycles. The first-order valence-corrected chi connectivity index (χ1v) is 8.94.